The average molecular weight is 364 g/mol. The van der Waals surface area contributed by atoms with Crippen LogP contribution in [0.25, 0.3) is 11.6 Å². The Bertz CT molecular complexity index is 1420. The van der Waals surface area contributed by atoms with E-state index in [-0.39, 0.29) is 0 Å². The molecule has 12 rings (SSSR count). The van der Waals surface area contributed by atoms with Crippen LogP contribution in [-0.2, 0) is 6.51 Å². The van der Waals surface area contributed by atoms with Gasteiger partial charge in [0.1, 0.15) is 0 Å². The van der Waals surface area contributed by atoms with Gasteiger partial charge in [-0.15, -0.1) is 0 Å². The van der Waals surface area contributed by atoms with Crippen LogP contribution in [0.1, 0.15) is 11.1 Å². The number of fused-ring (bicyclic) bond motifs is 10. The van der Waals surface area contributed by atoms with Crippen LogP contribution >= 0.6 is 0 Å². The summed E-state index contributed by atoms with van der Waals surface area (Å²) in [4.78, 5) is 12.4. The van der Waals surface area contributed by atoms with Crippen molar-refractivity contribution in [2.75, 3.05) is 0 Å². The molecule has 25 heavy (non-hydrogen) atoms. The Morgan fingerprint density at radius 3 is 1.64 bits per heavy atom. The predicted octanol–water partition coefficient (Wildman–Crippen LogP) is 6.99. The molecule has 10 aliphatic rings. The third-order valence-corrected chi connectivity index (χ3v) is 59.6. The van der Waals surface area contributed by atoms with Crippen LogP contribution in [-0.4, -0.2) is 0 Å². The fraction of sp³-hybridized carbons (Fsp3) is 0.417. The van der Waals surface area contributed by atoms with E-state index in [2.05, 4.69) is 66.7 Å². The SMILES string of the molecule is C(=C(c1ccccc1)[C]12[CH]3[CH]4[CH]5[CH]1[Fe]45321678[CH]2[CH]1[CH]6[CH]7[CH]28)c1ccccc1. The predicted molar refractivity (Wildman–Crippen MR) is 97.2 cm³/mol. The van der Waals surface area contributed by atoms with Crippen LogP contribution in [0.5, 0.6) is 0 Å². The van der Waals surface area contributed by atoms with Gasteiger partial charge in [0.2, 0.25) is 0 Å². The van der Waals surface area contributed by atoms with E-state index >= 15 is 0 Å². The van der Waals surface area contributed by atoms with Gasteiger partial charge in [0, 0.05) is 0 Å². The van der Waals surface area contributed by atoms with Gasteiger partial charge in [0.25, 0.3) is 0 Å². The summed E-state index contributed by atoms with van der Waals surface area (Å²) in [7, 11) is 0. The number of benzene rings is 2. The Balaban J connectivity index is 1.29. The molecule has 0 bridgehead atoms. The summed E-state index contributed by atoms with van der Waals surface area (Å²) in [6.45, 7) is -3.12. The van der Waals surface area contributed by atoms with E-state index in [9.17, 15) is 0 Å². The second-order valence-corrected chi connectivity index (χ2v) is 36.6. The van der Waals surface area contributed by atoms with Gasteiger partial charge >= 0.3 is 138 Å². The summed E-state index contributed by atoms with van der Waals surface area (Å²) < 4.78 is 0.830. The molecule has 10 saturated heterocycles. The van der Waals surface area contributed by atoms with Gasteiger partial charge in [-0.3, -0.25) is 0 Å². The zero-order valence-corrected chi connectivity index (χ0v) is 15.0. The number of hydrogen-bond donors (Lipinski definition) is 0. The van der Waals surface area contributed by atoms with E-state index in [1.807, 2.05) is 5.57 Å². The van der Waals surface area contributed by atoms with E-state index < -0.39 is 6.51 Å². The summed E-state index contributed by atoms with van der Waals surface area (Å²) in [5, 5.41) is 0. The van der Waals surface area contributed by atoms with Gasteiger partial charge < -0.3 is 0 Å². The zero-order chi connectivity index (χ0) is 15.5. The third-order valence-electron chi connectivity index (χ3n) is 17.3. The van der Waals surface area contributed by atoms with Crippen molar-refractivity contribution in [2.24, 2.45) is 0 Å². The van der Waals surface area contributed by atoms with Crippen molar-refractivity contribution >= 4 is 11.6 Å². The standard InChI is InChI=1S/C19H15.C5H5.Fe/c1-3-9-16(10-4-1)15-19(18-13-7-8-14-18)17-11-5-2-6-12-17;1-2-4-5-3-1;/h1-15H;1-5H;. The van der Waals surface area contributed by atoms with E-state index in [0.29, 0.717) is 0 Å². The molecule has 2 aromatic carbocycles. The van der Waals surface area contributed by atoms with Gasteiger partial charge in [-0.2, -0.15) is 0 Å². The quantitative estimate of drug-likeness (QED) is 0.407. The summed E-state index contributed by atoms with van der Waals surface area (Å²) >= 11 is 0. The third kappa shape index (κ3) is 0.166. The fourth-order valence-electron chi connectivity index (χ4n) is 18.7. The first-order valence-electron chi connectivity index (χ1n) is 10.2. The Morgan fingerprint density at radius 2 is 1.20 bits per heavy atom. The van der Waals surface area contributed by atoms with Gasteiger partial charge in [0.15, 0.2) is 0 Å². The molecule has 1 spiro atoms. The van der Waals surface area contributed by atoms with Crippen molar-refractivity contribution in [1.82, 2.24) is 0 Å². The van der Waals surface area contributed by atoms with Gasteiger partial charge in [-0.05, 0) is 0 Å². The summed E-state index contributed by atoms with van der Waals surface area (Å²) in [6.07, 6.45) is 2.66. The van der Waals surface area contributed by atoms with Gasteiger partial charge in [-0.1, -0.05) is 0 Å². The van der Waals surface area contributed by atoms with Crippen LogP contribution in [0, 0.1) is 0 Å². The van der Waals surface area contributed by atoms with Crippen molar-refractivity contribution in [1.29, 1.82) is 0 Å². The molecule has 4 atom stereocenters. The second-order valence-electron chi connectivity index (χ2n) is 13.0. The Labute approximate surface area is 137 Å². The van der Waals surface area contributed by atoms with Gasteiger partial charge in [0.05, 0.1) is 0 Å². The molecule has 0 saturated carbocycles. The molecule has 0 aromatic heterocycles. The van der Waals surface area contributed by atoms with Crippen LogP contribution in [0.3, 0.4) is 0 Å². The molecule has 124 valence electrons. The average Bonchev–Trinajstić information content (AvgIpc) is 3.61. The molecule has 10 fully saturated rings. The van der Waals surface area contributed by atoms with Crippen LogP contribution < -0.4 is 0 Å². The number of hydrogen-bond acceptors (Lipinski definition) is 0. The van der Waals surface area contributed by atoms with Gasteiger partial charge in [-0.25, -0.2) is 0 Å². The number of rotatable bonds is 3. The molecule has 10 heterocycles. The van der Waals surface area contributed by atoms with Crippen LogP contribution in [0.4, 0.5) is 0 Å². The summed E-state index contributed by atoms with van der Waals surface area (Å²) in [5.74, 6) is 0. The first-order chi connectivity index (χ1) is 12.1. The van der Waals surface area contributed by atoms with Crippen molar-refractivity contribution in [2.45, 2.75) is 47.7 Å². The molecule has 1 heteroatoms. The molecule has 4 unspecified atom stereocenters. The van der Waals surface area contributed by atoms with E-state index in [4.69, 9.17) is 0 Å². The van der Waals surface area contributed by atoms with Crippen molar-refractivity contribution in [3.05, 3.63) is 71.8 Å². The Hall–Kier alpha value is -1.30. The first kappa shape index (κ1) is 10.1. The van der Waals surface area contributed by atoms with Crippen molar-refractivity contribution < 1.29 is 6.51 Å². The maximum absolute atomic E-state index is 3.12. The van der Waals surface area contributed by atoms with E-state index in [1.165, 1.54) is 48.9 Å². The van der Waals surface area contributed by atoms with Crippen molar-refractivity contribution in [3.8, 4) is 0 Å². The molecule has 0 aliphatic carbocycles. The Kier molecular flexibility index (Phi) is 0.464. The van der Waals surface area contributed by atoms with Crippen LogP contribution in [0.15, 0.2) is 60.7 Å². The normalized spacial score (nSPS) is 85.3. The molecular weight excluding hydrogens is 344 g/mol. The van der Waals surface area contributed by atoms with E-state index in [1.54, 1.807) is 5.56 Å². The molecule has 0 amide bonds. The second kappa shape index (κ2) is 1.14. The monoisotopic (exact) mass is 364 g/mol. The van der Waals surface area contributed by atoms with Crippen molar-refractivity contribution in [3.63, 3.8) is 0 Å². The van der Waals surface area contributed by atoms with Crippen LogP contribution in [0.2, 0.25) is 47.7 Å². The molecule has 2 aromatic rings. The topological polar surface area (TPSA) is 0 Å². The molecular formula is C24H20Fe. The minimum absolute atomic E-state index is 0.830. The summed E-state index contributed by atoms with van der Waals surface area (Å²) in [6, 6.07) is 22.9. The Morgan fingerprint density at radius 1 is 0.680 bits per heavy atom. The molecule has 10 aliphatic heterocycles. The molecule has 0 N–H and O–H groups in total. The summed E-state index contributed by atoms with van der Waals surface area (Å²) in [5.41, 5.74) is 4.88. The number of allylic oxidation sites excluding steroid dienone is 1. The van der Waals surface area contributed by atoms with E-state index in [0.717, 1.165) is 4.31 Å². The maximum atomic E-state index is 2.66. The molecule has 0 nitrogen and oxygen atoms in total. The first-order valence-corrected chi connectivity index (χ1v) is 16.4. The molecule has 0 radical (unpaired) electrons. The minimum atomic E-state index is -3.12. The fourth-order valence-corrected chi connectivity index (χ4v) is 92.8. The zero-order valence-electron chi connectivity index (χ0n) is 13.9.